The van der Waals surface area contributed by atoms with Crippen molar-refractivity contribution in [1.29, 1.82) is 0 Å². The molecule has 230 valence electrons. The van der Waals surface area contributed by atoms with Gasteiger partial charge in [0.05, 0.1) is 26.9 Å². The fourth-order valence-electron chi connectivity index (χ4n) is 4.65. The summed E-state index contributed by atoms with van der Waals surface area (Å²) in [5, 5.41) is 0. The van der Waals surface area contributed by atoms with Crippen LogP contribution in [0, 0.1) is 0 Å². The Balaban J connectivity index is 1.62. The van der Waals surface area contributed by atoms with Gasteiger partial charge in [0.15, 0.2) is 12.4 Å². The summed E-state index contributed by atoms with van der Waals surface area (Å²) in [6.07, 6.45) is -0.606. The van der Waals surface area contributed by atoms with Crippen LogP contribution in [-0.4, -0.2) is 62.9 Å². The topological polar surface area (TPSA) is 81.7 Å². The summed E-state index contributed by atoms with van der Waals surface area (Å²) >= 11 is 5.88. The van der Waals surface area contributed by atoms with Crippen LogP contribution in [0.2, 0.25) is 0 Å². The van der Waals surface area contributed by atoms with E-state index in [0.29, 0.717) is 18.1 Å². The highest BCUT2D eigenvalue weighted by atomic mass is 35.5. The van der Waals surface area contributed by atoms with Gasteiger partial charge in [0.1, 0.15) is 42.3 Å². The van der Waals surface area contributed by atoms with Crippen LogP contribution < -0.4 is 9.47 Å². The highest BCUT2D eigenvalue weighted by molar-refractivity contribution is 6.26. The van der Waals surface area contributed by atoms with E-state index < -0.39 is 36.7 Å². The minimum Gasteiger partial charge on any atom is -0.497 e. The van der Waals surface area contributed by atoms with Gasteiger partial charge in [0, 0.05) is 0 Å². The van der Waals surface area contributed by atoms with Crippen LogP contribution in [0.15, 0.2) is 97.6 Å². The van der Waals surface area contributed by atoms with E-state index in [-0.39, 0.29) is 25.7 Å². The monoisotopic (exact) mass is 610 g/mol. The molecule has 4 rings (SSSR count). The molecule has 8 nitrogen and oxygen atoms in total. The van der Waals surface area contributed by atoms with Gasteiger partial charge < -0.3 is 33.2 Å². The van der Waals surface area contributed by atoms with Crippen molar-refractivity contribution in [3.63, 3.8) is 0 Å². The Hall–Kier alpha value is -3.40. The van der Waals surface area contributed by atoms with Crippen molar-refractivity contribution in [2.24, 2.45) is 0 Å². The van der Waals surface area contributed by atoms with Crippen LogP contribution >= 0.6 is 11.6 Å². The molecule has 1 aliphatic heterocycles. The number of ether oxygens (including phenoxy) is 7. The number of unbranched alkanes of at least 4 members (excludes halogenated alkanes) is 1. The average Bonchev–Trinajstić information content (AvgIpc) is 3.06. The second-order valence-electron chi connectivity index (χ2n) is 9.94. The number of benzene rings is 3. The number of allylic oxidation sites excluding steroid dienone is 1. The van der Waals surface area contributed by atoms with Crippen molar-refractivity contribution in [2.75, 3.05) is 26.2 Å². The number of carbonyl (C=O) groups is 1. The fourth-order valence-corrected chi connectivity index (χ4v) is 4.71. The fraction of sp³-hybridized carbons (Fsp3) is 0.382. The lowest BCUT2D eigenvalue weighted by Crippen LogP contribution is -2.62. The van der Waals surface area contributed by atoms with Crippen LogP contribution in [0.1, 0.15) is 24.0 Å². The quantitative estimate of drug-likeness (QED) is 0.0785. The molecule has 0 amide bonds. The van der Waals surface area contributed by atoms with Gasteiger partial charge in [-0.1, -0.05) is 66.7 Å². The van der Waals surface area contributed by atoms with Crippen LogP contribution in [-0.2, 0) is 41.7 Å². The molecule has 0 spiro atoms. The first-order valence-corrected chi connectivity index (χ1v) is 14.9. The lowest BCUT2D eigenvalue weighted by Gasteiger charge is -2.45. The summed E-state index contributed by atoms with van der Waals surface area (Å²) in [6.45, 7) is 4.78. The third kappa shape index (κ3) is 10.1. The van der Waals surface area contributed by atoms with Crippen molar-refractivity contribution < 1.29 is 38.0 Å². The van der Waals surface area contributed by atoms with Gasteiger partial charge in [-0.05, 0) is 48.2 Å². The highest BCUT2D eigenvalue weighted by Crippen LogP contribution is 2.31. The van der Waals surface area contributed by atoms with Crippen molar-refractivity contribution in [3.05, 3.63) is 109 Å². The van der Waals surface area contributed by atoms with Gasteiger partial charge in [-0.3, -0.25) is 4.79 Å². The van der Waals surface area contributed by atoms with E-state index >= 15 is 0 Å². The van der Waals surface area contributed by atoms with E-state index in [9.17, 15) is 4.79 Å². The zero-order chi connectivity index (χ0) is 30.3. The maximum absolute atomic E-state index is 12.6. The second kappa shape index (κ2) is 17.7. The maximum atomic E-state index is 12.6. The van der Waals surface area contributed by atoms with E-state index in [1.807, 2.05) is 66.7 Å². The number of methoxy groups -OCH3 is 1. The van der Waals surface area contributed by atoms with Crippen LogP contribution in [0.25, 0.3) is 0 Å². The van der Waals surface area contributed by atoms with Gasteiger partial charge in [-0.25, -0.2) is 0 Å². The molecule has 0 unspecified atom stereocenters. The number of hydrogen-bond donors (Lipinski definition) is 0. The van der Waals surface area contributed by atoms with Gasteiger partial charge in [-0.2, -0.15) is 0 Å². The summed E-state index contributed by atoms with van der Waals surface area (Å²) in [6, 6.07) is 26.7. The molecular formula is C34H39ClO8. The third-order valence-electron chi connectivity index (χ3n) is 6.85. The number of carbonyl (C=O) groups excluding carboxylic acids is 1. The molecule has 9 heteroatoms. The maximum Gasteiger partial charge on any atom is 0.321 e. The molecule has 43 heavy (non-hydrogen) atoms. The number of esters is 1. The molecule has 1 saturated heterocycles. The first kappa shape index (κ1) is 32.5. The molecule has 0 aliphatic carbocycles. The number of hydrogen-bond acceptors (Lipinski definition) is 8. The van der Waals surface area contributed by atoms with Gasteiger partial charge in [-0.15, -0.1) is 18.2 Å². The van der Waals surface area contributed by atoms with E-state index in [1.54, 1.807) is 31.4 Å². The van der Waals surface area contributed by atoms with Gasteiger partial charge >= 0.3 is 5.97 Å². The smallest absolute Gasteiger partial charge is 0.321 e. The average molecular weight is 611 g/mol. The normalized spacial score (nSPS) is 21.6. The summed E-state index contributed by atoms with van der Waals surface area (Å²) in [5.74, 6) is 0.367. The summed E-state index contributed by atoms with van der Waals surface area (Å²) in [7, 11) is 1.60. The molecule has 1 fully saturated rings. The second-order valence-corrected chi connectivity index (χ2v) is 10.2. The van der Waals surface area contributed by atoms with Crippen LogP contribution in [0.5, 0.6) is 11.5 Å². The molecule has 3 aromatic carbocycles. The number of alkyl halides is 1. The lowest BCUT2D eigenvalue weighted by atomic mass is 9.98. The van der Waals surface area contributed by atoms with E-state index in [0.717, 1.165) is 24.0 Å². The van der Waals surface area contributed by atoms with Gasteiger partial charge in [0.2, 0.25) is 0 Å². The molecular weight excluding hydrogens is 572 g/mol. The molecule has 0 saturated carbocycles. The van der Waals surface area contributed by atoms with Crippen molar-refractivity contribution in [3.8, 4) is 11.5 Å². The molecule has 1 heterocycles. The first-order valence-electron chi connectivity index (χ1n) is 14.3. The Labute approximate surface area is 258 Å². The molecule has 5 atom stereocenters. The zero-order valence-corrected chi connectivity index (χ0v) is 25.1. The molecule has 0 radical (unpaired) electrons. The van der Waals surface area contributed by atoms with E-state index in [4.69, 9.17) is 44.8 Å². The largest absolute Gasteiger partial charge is 0.497 e. The first-order chi connectivity index (χ1) is 21.1. The van der Waals surface area contributed by atoms with Crippen molar-refractivity contribution >= 4 is 17.6 Å². The summed E-state index contributed by atoms with van der Waals surface area (Å²) < 4.78 is 42.9. The van der Waals surface area contributed by atoms with E-state index in [1.165, 1.54) is 0 Å². The highest BCUT2D eigenvalue weighted by Gasteiger charge is 2.50. The lowest BCUT2D eigenvalue weighted by molar-refractivity contribution is -0.320. The molecule has 0 bridgehead atoms. The summed E-state index contributed by atoms with van der Waals surface area (Å²) in [5.41, 5.74) is 1.92. The Morgan fingerprint density at radius 2 is 1.44 bits per heavy atom. The standard InChI is InChI=1S/C34H39ClO8/c1-3-4-11-20-38-34-33(41-23-26-14-9-6-10-15-26)32(40-22-25-12-7-5-8-13-25)31(43-30(36)21-35)29(42-34)24-39-28-18-16-27(37-2)17-19-28/h3,5-10,12-19,29,31-34H,1,4,11,20-24H2,2H3/t29-,31+,32+,33-,34-/m1/s1. The zero-order valence-electron chi connectivity index (χ0n) is 24.3. The summed E-state index contributed by atoms with van der Waals surface area (Å²) in [4.78, 5) is 12.6. The van der Waals surface area contributed by atoms with Crippen LogP contribution in [0.3, 0.4) is 0 Å². The minimum absolute atomic E-state index is 0.0513. The van der Waals surface area contributed by atoms with Crippen molar-refractivity contribution in [1.82, 2.24) is 0 Å². The molecule has 0 aromatic heterocycles. The molecule has 1 aliphatic rings. The Kier molecular flexibility index (Phi) is 13.3. The van der Waals surface area contributed by atoms with Crippen molar-refractivity contribution in [2.45, 2.75) is 56.8 Å². The molecule has 0 N–H and O–H groups in total. The van der Waals surface area contributed by atoms with Crippen LogP contribution in [0.4, 0.5) is 0 Å². The minimum atomic E-state index is -0.901. The SMILES string of the molecule is C=CCCCO[C@@H]1O[C@H](COc2ccc(OC)cc2)[C@H](OC(=O)CCl)[C@H](OCc2ccccc2)[C@H]1OCc1ccccc1. The van der Waals surface area contributed by atoms with E-state index in [2.05, 4.69) is 6.58 Å². The Morgan fingerprint density at radius 1 is 0.837 bits per heavy atom. The third-order valence-corrected chi connectivity index (χ3v) is 7.07. The number of halogens is 1. The molecule has 3 aromatic rings. The van der Waals surface area contributed by atoms with Gasteiger partial charge in [0.25, 0.3) is 0 Å². The predicted octanol–water partition coefficient (Wildman–Crippen LogP) is 6.10. The number of rotatable bonds is 17. The Bertz CT molecular complexity index is 1220. The predicted molar refractivity (Wildman–Crippen MR) is 163 cm³/mol. The Morgan fingerprint density at radius 3 is 2.02 bits per heavy atom.